The van der Waals surface area contributed by atoms with Crippen LogP contribution >= 0.6 is 0 Å². The molecule has 31 heavy (non-hydrogen) atoms. The molecular formula is C24H22N4O3. The Balaban J connectivity index is 2.00. The molecule has 2 aliphatic rings. The Hall–Kier alpha value is -3.92. The van der Waals surface area contributed by atoms with E-state index in [1.165, 1.54) is 12.1 Å². The average Bonchev–Trinajstić information content (AvgIpc) is 2.72. The van der Waals surface area contributed by atoms with Crippen molar-refractivity contribution >= 4 is 17.2 Å². The zero-order chi connectivity index (χ0) is 22.3. The molecule has 7 heteroatoms. The molecule has 4 rings (SSSR count). The number of rotatable bonds is 3. The molecule has 1 heterocycles. The van der Waals surface area contributed by atoms with Gasteiger partial charge in [0.15, 0.2) is 5.78 Å². The SMILES string of the molecule is CC1(C)CC(=O)C2=C(C1)N(c1ccccc1)C(N)=C(C#N)C2c1cccc([N+](=O)[O-])c1. The molecule has 0 saturated carbocycles. The van der Waals surface area contributed by atoms with Crippen molar-refractivity contribution in [3.05, 3.63) is 92.9 Å². The monoisotopic (exact) mass is 414 g/mol. The van der Waals surface area contributed by atoms with Crippen LogP contribution in [0.25, 0.3) is 0 Å². The van der Waals surface area contributed by atoms with E-state index in [0.717, 1.165) is 11.4 Å². The summed E-state index contributed by atoms with van der Waals surface area (Å²) in [4.78, 5) is 26.0. The van der Waals surface area contributed by atoms with Gasteiger partial charge in [-0.2, -0.15) is 5.26 Å². The van der Waals surface area contributed by atoms with Gasteiger partial charge in [-0.1, -0.05) is 44.2 Å². The lowest BCUT2D eigenvalue weighted by molar-refractivity contribution is -0.384. The molecule has 2 aromatic carbocycles. The van der Waals surface area contributed by atoms with Crippen molar-refractivity contribution < 1.29 is 9.72 Å². The number of nitrogens with two attached hydrogens (primary N) is 1. The number of carbonyl (C=O) groups excluding carboxylic acids is 1. The maximum atomic E-state index is 13.4. The molecular weight excluding hydrogens is 392 g/mol. The maximum Gasteiger partial charge on any atom is 0.269 e. The fourth-order valence-electron chi connectivity index (χ4n) is 4.53. The van der Waals surface area contributed by atoms with Gasteiger partial charge in [0.1, 0.15) is 5.82 Å². The summed E-state index contributed by atoms with van der Waals surface area (Å²) < 4.78 is 0. The van der Waals surface area contributed by atoms with E-state index in [1.807, 2.05) is 44.2 Å². The minimum atomic E-state index is -0.733. The highest BCUT2D eigenvalue weighted by molar-refractivity contribution is 6.01. The van der Waals surface area contributed by atoms with E-state index in [9.17, 15) is 20.2 Å². The summed E-state index contributed by atoms with van der Waals surface area (Å²) in [6, 6.07) is 17.7. The lowest BCUT2D eigenvalue weighted by Gasteiger charge is -2.43. The van der Waals surface area contributed by atoms with Gasteiger partial charge in [-0.3, -0.25) is 19.8 Å². The van der Waals surface area contributed by atoms with Gasteiger partial charge in [0.2, 0.25) is 0 Å². The first-order chi connectivity index (χ1) is 14.7. The van der Waals surface area contributed by atoms with Crippen LogP contribution in [0, 0.1) is 26.9 Å². The fraction of sp³-hybridized carbons (Fsp3) is 0.250. The number of carbonyl (C=O) groups is 1. The molecule has 0 saturated heterocycles. The quantitative estimate of drug-likeness (QED) is 0.583. The first-order valence-electron chi connectivity index (χ1n) is 9.99. The number of non-ortho nitro benzene ring substituents is 1. The number of nitro benzene ring substituents is 1. The molecule has 1 aliphatic carbocycles. The highest BCUT2D eigenvalue weighted by Crippen LogP contribution is 2.50. The van der Waals surface area contributed by atoms with Crippen molar-refractivity contribution in [1.29, 1.82) is 5.26 Å². The molecule has 7 nitrogen and oxygen atoms in total. The van der Waals surface area contributed by atoms with E-state index in [0.29, 0.717) is 24.0 Å². The third kappa shape index (κ3) is 3.46. The summed E-state index contributed by atoms with van der Waals surface area (Å²) in [6.45, 7) is 4.06. The Morgan fingerprint density at radius 2 is 1.87 bits per heavy atom. The number of benzene rings is 2. The van der Waals surface area contributed by atoms with E-state index in [2.05, 4.69) is 6.07 Å². The van der Waals surface area contributed by atoms with Gasteiger partial charge in [-0.15, -0.1) is 0 Å². The van der Waals surface area contributed by atoms with Crippen LogP contribution in [0.15, 0.2) is 77.3 Å². The predicted molar refractivity (Wildman–Crippen MR) is 117 cm³/mol. The number of nitrogens with zero attached hydrogens (tertiary/aromatic N) is 3. The second-order valence-corrected chi connectivity index (χ2v) is 8.67. The number of hydrogen-bond donors (Lipinski definition) is 1. The largest absolute Gasteiger partial charge is 0.384 e. The molecule has 156 valence electrons. The van der Waals surface area contributed by atoms with Gasteiger partial charge in [0.25, 0.3) is 5.69 Å². The molecule has 1 atom stereocenters. The summed E-state index contributed by atoms with van der Waals surface area (Å²) in [6.07, 6.45) is 0.923. The van der Waals surface area contributed by atoms with Gasteiger partial charge in [-0.25, -0.2) is 0 Å². The molecule has 0 aromatic heterocycles. The molecule has 2 N–H and O–H groups in total. The van der Waals surface area contributed by atoms with Crippen LogP contribution in [0.3, 0.4) is 0 Å². The second kappa shape index (κ2) is 7.40. The molecule has 1 aliphatic heterocycles. The van der Waals surface area contributed by atoms with E-state index in [4.69, 9.17) is 5.73 Å². The van der Waals surface area contributed by atoms with E-state index >= 15 is 0 Å². The van der Waals surface area contributed by atoms with Gasteiger partial charge in [0.05, 0.1) is 22.5 Å². The first-order valence-corrected chi connectivity index (χ1v) is 9.99. The average molecular weight is 414 g/mol. The Morgan fingerprint density at radius 3 is 2.52 bits per heavy atom. The summed E-state index contributed by atoms with van der Waals surface area (Å²) in [5, 5.41) is 21.4. The lowest BCUT2D eigenvalue weighted by atomic mass is 9.68. The van der Waals surface area contributed by atoms with Gasteiger partial charge in [-0.05, 0) is 29.5 Å². The number of nitro groups is 1. The molecule has 0 radical (unpaired) electrons. The molecule has 0 amide bonds. The highest BCUT2D eigenvalue weighted by atomic mass is 16.6. The minimum Gasteiger partial charge on any atom is -0.384 e. The topological polar surface area (TPSA) is 113 Å². The number of Topliss-reactive ketones (excluding diaryl/α,β-unsaturated/α-hetero) is 1. The van der Waals surface area contributed by atoms with E-state index < -0.39 is 10.8 Å². The lowest BCUT2D eigenvalue weighted by Crippen LogP contribution is -2.42. The Bertz CT molecular complexity index is 1190. The molecule has 0 fully saturated rings. The van der Waals surface area contributed by atoms with Crippen LogP contribution in [-0.4, -0.2) is 10.7 Å². The third-order valence-corrected chi connectivity index (χ3v) is 5.81. The van der Waals surface area contributed by atoms with Crippen LogP contribution in [-0.2, 0) is 4.79 Å². The van der Waals surface area contributed by atoms with Crippen molar-refractivity contribution in [3.8, 4) is 6.07 Å². The number of anilines is 1. The van der Waals surface area contributed by atoms with Crippen molar-refractivity contribution in [1.82, 2.24) is 0 Å². The van der Waals surface area contributed by atoms with Crippen LogP contribution in [0.4, 0.5) is 11.4 Å². The minimum absolute atomic E-state index is 0.0658. The Labute approximate surface area is 180 Å². The van der Waals surface area contributed by atoms with Crippen LogP contribution in [0.1, 0.15) is 38.2 Å². The summed E-state index contributed by atoms with van der Waals surface area (Å²) in [5.74, 6) is -0.554. The van der Waals surface area contributed by atoms with Crippen molar-refractivity contribution in [3.63, 3.8) is 0 Å². The molecule has 2 aromatic rings. The summed E-state index contributed by atoms with van der Waals surface area (Å²) >= 11 is 0. The maximum absolute atomic E-state index is 13.4. The molecule has 0 spiro atoms. The van der Waals surface area contributed by atoms with E-state index in [1.54, 1.807) is 17.0 Å². The number of ketones is 1. The number of nitriles is 1. The van der Waals surface area contributed by atoms with Crippen LogP contribution in [0.2, 0.25) is 0 Å². The Morgan fingerprint density at radius 1 is 1.16 bits per heavy atom. The molecule has 1 unspecified atom stereocenters. The first kappa shape index (κ1) is 20.4. The van der Waals surface area contributed by atoms with Gasteiger partial charge < -0.3 is 5.73 Å². The smallest absolute Gasteiger partial charge is 0.269 e. The van der Waals surface area contributed by atoms with Crippen molar-refractivity contribution in [2.75, 3.05) is 4.90 Å². The summed E-state index contributed by atoms with van der Waals surface area (Å²) in [7, 11) is 0. The molecule has 0 bridgehead atoms. The highest BCUT2D eigenvalue weighted by Gasteiger charge is 2.44. The van der Waals surface area contributed by atoms with Crippen LogP contribution in [0.5, 0.6) is 0 Å². The third-order valence-electron chi connectivity index (χ3n) is 5.81. The summed E-state index contributed by atoms with van der Waals surface area (Å²) in [5.41, 5.74) is 8.91. The number of allylic oxidation sites excluding steroid dienone is 3. The van der Waals surface area contributed by atoms with Crippen LogP contribution < -0.4 is 10.6 Å². The fourth-order valence-corrected chi connectivity index (χ4v) is 4.53. The van der Waals surface area contributed by atoms with E-state index in [-0.39, 0.29) is 28.3 Å². The zero-order valence-corrected chi connectivity index (χ0v) is 17.3. The van der Waals surface area contributed by atoms with Gasteiger partial charge >= 0.3 is 0 Å². The predicted octanol–water partition coefficient (Wildman–Crippen LogP) is 4.54. The zero-order valence-electron chi connectivity index (χ0n) is 17.3. The standard InChI is InChI=1S/C24H22N4O3/c1-24(2)12-19-22(20(29)13-24)21(15-7-6-10-17(11-15)28(30)31)18(14-25)23(26)27(19)16-8-4-3-5-9-16/h3-11,21H,12-13,26H2,1-2H3. The normalized spacial score (nSPS) is 20.4. The van der Waals surface area contributed by atoms with Crippen molar-refractivity contribution in [2.45, 2.75) is 32.6 Å². The second-order valence-electron chi connectivity index (χ2n) is 8.67. The van der Waals surface area contributed by atoms with Gasteiger partial charge in [0, 0.05) is 35.5 Å². The Kier molecular flexibility index (Phi) is 4.86. The van der Waals surface area contributed by atoms with Crippen molar-refractivity contribution in [2.24, 2.45) is 11.1 Å². The number of hydrogen-bond acceptors (Lipinski definition) is 6. The number of para-hydroxylation sites is 1.